The largest absolute Gasteiger partial charge is 0.491 e. The number of piperazine rings is 1. The molecule has 3 fully saturated rings. The molecule has 2 saturated heterocycles. The second-order valence-corrected chi connectivity index (χ2v) is 11.5. The summed E-state index contributed by atoms with van der Waals surface area (Å²) in [5.41, 5.74) is 1.63. The van der Waals surface area contributed by atoms with Gasteiger partial charge < -0.3 is 25.0 Å². The van der Waals surface area contributed by atoms with Crippen LogP contribution in [0.1, 0.15) is 25.7 Å². The lowest BCUT2D eigenvalue weighted by Gasteiger charge is -2.35. The average Bonchev–Trinajstić information content (AvgIpc) is 3.75. The Morgan fingerprint density at radius 1 is 1.11 bits per heavy atom. The normalized spacial score (nSPS) is 18.9. The number of cyclic esters (lactones) is 1. The highest BCUT2D eigenvalue weighted by molar-refractivity contribution is 6.31. The first-order valence-electron chi connectivity index (χ1n) is 14.6. The molecule has 2 amide bonds. The van der Waals surface area contributed by atoms with Crippen molar-refractivity contribution in [3.8, 4) is 5.75 Å². The maximum absolute atomic E-state index is 13.7. The predicted molar refractivity (Wildman–Crippen MR) is 162 cm³/mol. The molecule has 1 aromatic heterocycles. The molecule has 2 aromatic carbocycles. The molecule has 3 aromatic rings. The molecule has 13 heteroatoms. The van der Waals surface area contributed by atoms with Crippen molar-refractivity contribution in [2.24, 2.45) is 5.92 Å². The first kappa shape index (κ1) is 29.8. The van der Waals surface area contributed by atoms with Gasteiger partial charge in [0.2, 0.25) is 5.91 Å². The first-order chi connectivity index (χ1) is 21.3. The highest BCUT2D eigenvalue weighted by Crippen LogP contribution is 2.36. The van der Waals surface area contributed by atoms with Crippen LogP contribution in [0, 0.1) is 11.7 Å². The lowest BCUT2D eigenvalue weighted by molar-refractivity contribution is -0.153. The van der Waals surface area contributed by atoms with Crippen molar-refractivity contribution in [1.29, 1.82) is 0 Å². The fourth-order valence-electron chi connectivity index (χ4n) is 5.14. The Balaban J connectivity index is 1.10. The average molecular weight is 623 g/mol. The van der Waals surface area contributed by atoms with Crippen LogP contribution in [-0.2, 0) is 19.1 Å². The number of anilines is 3. The topological polar surface area (TPSA) is 126 Å². The third kappa shape index (κ3) is 7.25. The second kappa shape index (κ2) is 13.1. The maximum Gasteiger partial charge on any atom is 0.306 e. The Kier molecular flexibility index (Phi) is 8.89. The van der Waals surface area contributed by atoms with E-state index in [-0.39, 0.29) is 29.2 Å². The quantitative estimate of drug-likeness (QED) is 0.251. The number of benzene rings is 2. The minimum atomic E-state index is -0.661. The number of esters is 1. The van der Waals surface area contributed by atoms with E-state index >= 15 is 0 Å². The molecule has 1 atom stereocenters. The number of halogens is 2. The fourth-order valence-corrected chi connectivity index (χ4v) is 5.32. The molecule has 11 nitrogen and oxygen atoms in total. The van der Waals surface area contributed by atoms with Crippen LogP contribution in [-0.4, -0.2) is 83.0 Å². The summed E-state index contributed by atoms with van der Waals surface area (Å²) in [6.45, 7) is 3.46. The predicted octanol–water partition coefficient (Wildman–Crippen LogP) is 4.30. The molecule has 6 rings (SSSR count). The van der Waals surface area contributed by atoms with Crippen LogP contribution >= 0.6 is 11.6 Å². The smallest absolute Gasteiger partial charge is 0.306 e. The van der Waals surface area contributed by atoms with E-state index in [9.17, 15) is 18.8 Å². The van der Waals surface area contributed by atoms with Crippen molar-refractivity contribution in [2.45, 2.75) is 31.8 Å². The van der Waals surface area contributed by atoms with Gasteiger partial charge in [-0.1, -0.05) is 17.7 Å². The van der Waals surface area contributed by atoms with Crippen molar-refractivity contribution in [2.75, 3.05) is 50.0 Å². The zero-order chi connectivity index (χ0) is 30.6. The van der Waals surface area contributed by atoms with Gasteiger partial charge in [-0.05, 0) is 43.0 Å². The van der Waals surface area contributed by atoms with Gasteiger partial charge in [-0.3, -0.25) is 19.3 Å². The van der Waals surface area contributed by atoms with Gasteiger partial charge in [-0.2, -0.15) is 0 Å². The van der Waals surface area contributed by atoms with E-state index in [0.717, 1.165) is 12.8 Å². The van der Waals surface area contributed by atoms with E-state index in [1.54, 1.807) is 29.2 Å². The standard InChI is InChI=1S/C31H32ClFN6O5/c32-22-14-20(5-6-23(22)33)36-30-21-15-25(27(43-17-19-3-4-19)16-24(21)34-18-35-30)37-28(40)2-1-9-38-10-12-39(13-11-38)31(42)26-7-8-29(41)44-26/h1-2,5-6,14-16,18-19,26H,3-4,7-13,17H2,(H,37,40)(H,34,35,36). The van der Waals surface area contributed by atoms with Crippen LogP contribution < -0.4 is 15.4 Å². The number of hydrogen-bond donors (Lipinski definition) is 2. The Bertz CT molecular complexity index is 1610. The summed E-state index contributed by atoms with van der Waals surface area (Å²) in [5.74, 6) is 0.168. The van der Waals surface area contributed by atoms with E-state index < -0.39 is 11.9 Å². The number of aromatic nitrogens is 2. The van der Waals surface area contributed by atoms with Crippen LogP contribution in [0.5, 0.6) is 5.75 Å². The van der Waals surface area contributed by atoms with Gasteiger partial charge >= 0.3 is 5.97 Å². The number of rotatable bonds is 10. The third-order valence-electron chi connectivity index (χ3n) is 7.82. The molecule has 3 aliphatic rings. The summed E-state index contributed by atoms with van der Waals surface area (Å²) in [7, 11) is 0. The van der Waals surface area contributed by atoms with E-state index in [1.165, 1.54) is 24.5 Å². The molecule has 2 N–H and O–H groups in total. The van der Waals surface area contributed by atoms with Crippen LogP contribution in [0.15, 0.2) is 48.8 Å². The molecule has 1 aliphatic carbocycles. The van der Waals surface area contributed by atoms with E-state index in [2.05, 4.69) is 25.5 Å². The SMILES string of the molecule is O=C(C=CCN1CCN(C(=O)C2CCC(=O)O2)CC1)Nc1cc2c(Nc3ccc(F)c(Cl)c3)ncnc2cc1OCC1CC1. The highest BCUT2D eigenvalue weighted by atomic mass is 35.5. The van der Waals surface area contributed by atoms with E-state index in [0.29, 0.717) is 85.5 Å². The zero-order valence-corrected chi connectivity index (χ0v) is 24.7. The van der Waals surface area contributed by atoms with Crippen molar-refractivity contribution < 1.29 is 28.2 Å². The van der Waals surface area contributed by atoms with Gasteiger partial charge in [0.05, 0.1) is 22.8 Å². The molecule has 1 saturated carbocycles. The minimum Gasteiger partial charge on any atom is -0.491 e. The monoisotopic (exact) mass is 622 g/mol. The van der Waals surface area contributed by atoms with E-state index in [4.69, 9.17) is 21.1 Å². The maximum atomic E-state index is 13.7. The highest BCUT2D eigenvalue weighted by Gasteiger charge is 2.34. The Morgan fingerprint density at radius 3 is 2.66 bits per heavy atom. The van der Waals surface area contributed by atoms with Crippen molar-refractivity contribution >= 4 is 57.5 Å². The molecule has 3 heterocycles. The van der Waals surface area contributed by atoms with Crippen molar-refractivity contribution in [1.82, 2.24) is 19.8 Å². The number of fused-ring (bicyclic) bond motifs is 1. The Hall–Kier alpha value is -4.29. The Labute approximate surface area is 258 Å². The van der Waals surface area contributed by atoms with Crippen LogP contribution in [0.3, 0.4) is 0 Å². The second-order valence-electron chi connectivity index (χ2n) is 11.1. The number of hydrogen-bond acceptors (Lipinski definition) is 9. The molecule has 1 unspecified atom stereocenters. The summed E-state index contributed by atoms with van der Waals surface area (Å²) in [5, 5.41) is 6.70. The lowest BCUT2D eigenvalue weighted by Crippen LogP contribution is -2.51. The van der Waals surface area contributed by atoms with Gasteiger partial charge in [0, 0.05) is 68.8 Å². The number of nitrogens with one attached hydrogen (secondary N) is 2. The minimum absolute atomic E-state index is 0.0180. The summed E-state index contributed by atoms with van der Waals surface area (Å²) < 4.78 is 24.9. The lowest BCUT2D eigenvalue weighted by atomic mass is 10.1. The third-order valence-corrected chi connectivity index (χ3v) is 8.11. The van der Waals surface area contributed by atoms with Gasteiger partial charge in [0.25, 0.3) is 5.91 Å². The number of carbonyl (C=O) groups excluding carboxylic acids is 3. The summed E-state index contributed by atoms with van der Waals surface area (Å²) in [6, 6.07) is 7.82. The molecule has 0 spiro atoms. The summed E-state index contributed by atoms with van der Waals surface area (Å²) in [4.78, 5) is 49.5. The van der Waals surface area contributed by atoms with Gasteiger partial charge in [-0.15, -0.1) is 0 Å². The Morgan fingerprint density at radius 2 is 1.93 bits per heavy atom. The van der Waals surface area contributed by atoms with Crippen molar-refractivity contribution in [3.05, 3.63) is 59.7 Å². The molecular weight excluding hydrogens is 591 g/mol. The van der Waals surface area contributed by atoms with Gasteiger partial charge in [0.1, 0.15) is 23.7 Å². The molecule has 0 bridgehead atoms. The van der Waals surface area contributed by atoms with Crippen LogP contribution in [0.2, 0.25) is 5.02 Å². The van der Waals surface area contributed by atoms with Crippen molar-refractivity contribution in [3.63, 3.8) is 0 Å². The van der Waals surface area contributed by atoms with Gasteiger partial charge in [-0.25, -0.2) is 14.4 Å². The molecule has 44 heavy (non-hydrogen) atoms. The first-order valence-corrected chi connectivity index (χ1v) is 15.0. The number of ether oxygens (including phenoxy) is 2. The molecule has 230 valence electrons. The fraction of sp³-hybridized carbons (Fsp3) is 0.387. The number of nitrogens with zero attached hydrogens (tertiary/aromatic N) is 4. The van der Waals surface area contributed by atoms with Crippen LogP contribution in [0.25, 0.3) is 10.9 Å². The number of amides is 2. The van der Waals surface area contributed by atoms with Gasteiger partial charge in [0.15, 0.2) is 6.10 Å². The molecule has 2 aliphatic heterocycles. The van der Waals surface area contributed by atoms with E-state index in [1.807, 2.05) is 0 Å². The summed E-state index contributed by atoms with van der Waals surface area (Å²) in [6.07, 6.45) is 6.97. The zero-order valence-electron chi connectivity index (χ0n) is 23.9. The van der Waals surface area contributed by atoms with Crippen LogP contribution in [0.4, 0.5) is 21.6 Å². The molecule has 0 radical (unpaired) electrons. The number of carbonyl (C=O) groups is 3. The molecular formula is C31H32ClFN6O5. The summed E-state index contributed by atoms with van der Waals surface area (Å²) >= 11 is 5.95.